The van der Waals surface area contributed by atoms with Gasteiger partial charge in [0.25, 0.3) is 0 Å². The molecule has 0 bridgehead atoms. The van der Waals surface area contributed by atoms with E-state index in [1.165, 1.54) is 193 Å². The second-order valence-corrected chi connectivity index (χ2v) is 22.0. The van der Waals surface area contributed by atoms with E-state index in [2.05, 4.69) is 93.7 Å². The lowest BCUT2D eigenvalue weighted by Crippen LogP contribution is -2.30. The third-order valence-electron chi connectivity index (χ3n) is 14.4. The monoisotopic (exact) mass is 1060 g/mol. The Hall–Kier alpha value is -3.15. The molecule has 440 valence electrons. The summed E-state index contributed by atoms with van der Waals surface area (Å²) in [7, 11) is 0. The maximum Gasteiger partial charge on any atom is 0.306 e. The molecule has 0 aromatic carbocycles. The van der Waals surface area contributed by atoms with Crippen LogP contribution in [-0.4, -0.2) is 37.2 Å². The number of carbonyl (C=O) groups is 3. The number of hydrogen-bond acceptors (Lipinski definition) is 6. The van der Waals surface area contributed by atoms with E-state index >= 15 is 0 Å². The molecule has 0 saturated carbocycles. The van der Waals surface area contributed by atoms with Gasteiger partial charge in [-0.1, -0.05) is 299 Å². The third kappa shape index (κ3) is 61.7. The highest BCUT2D eigenvalue weighted by atomic mass is 16.6. The summed E-state index contributed by atoms with van der Waals surface area (Å²) in [6.07, 6.45) is 83.3. The molecule has 6 heteroatoms. The highest BCUT2D eigenvalue weighted by Gasteiger charge is 2.19. The van der Waals surface area contributed by atoms with Gasteiger partial charge in [-0.25, -0.2) is 0 Å². The van der Waals surface area contributed by atoms with Crippen LogP contribution in [0.25, 0.3) is 0 Å². The smallest absolute Gasteiger partial charge is 0.306 e. The fourth-order valence-electron chi connectivity index (χ4n) is 9.53. The second-order valence-electron chi connectivity index (χ2n) is 22.0. The Balaban J connectivity index is 4.37. The maximum atomic E-state index is 12.9. The van der Waals surface area contributed by atoms with Gasteiger partial charge in [-0.15, -0.1) is 0 Å². The molecule has 0 N–H and O–H groups in total. The molecule has 6 nitrogen and oxygen atoms in total. The zero-order valence-corrected chi connectivity index (χ0v) is 50.5. The van der Waals surface area contributed by atoms with Crippen molar-refractivity contribution in [2.75, 3.05) is 13.2 Å². The first-order valence-electron chi connectivity index (χ1n) is 32.9. The first kappa shape index (κ1) is 72.8. The molecule has 0 amide bonds. The molecule has 0 heterocycles. The van der Waals surface area contributed by atoms with E-state index in [-0.39, 0.29) is 31.1 Å². The number of allylic oxidation sites excluding steroid dienone is 12. The predicted molar refractivity (Wildman–Crippen MR) is 330 cm³/mol. The number of hydrogen-bond donors (Lipinski definition) is 0. The van der Waals surface area contributed by atoms with Crippen LogP contribution in [0.5, 0.6) is 0 Å². The summed E-state index contributed by atoms with van der Waals surface area (Å²) in [4.78, 5) is 38.4. The Bertz CT molecular complexity index is 1400. The minimum absolute atomic E-state index is 0.0800. The van der Waals surface area contributed by atoms with Crippen molar-refractivity contribution in [3.8, 4) is 0 Å². The maximum absolute atomic E-state index is 12.9. The van der Waals surface area contributed by atoms with Crippen molar-refractivity contribution in [1.29, 1.82) is 0 Å². The first-order valence-corrected chi connectivity index (χ1v) is 32.9. The zero-order valence-electron chi connectivity index (χ0n) is 50.5. The molecule has 0 rings (SSSR count). The van der Waals surface area contributed by atoms with Gasteiger partial charge in [0, 0.05) is 19.3 Å². The Morgan fingerprint density at radius 2 is 0.513 bits per heavy atom. The van der Waals surface area contributed by atoms with Crippen molar-refractivity contribution in [3.05, 3.63) is 72.9 Å². The van der Waals surface area contributed by atoms with Crippen LogP contribution in [0.1, 0.15) is 335 Å². The van der Waals surface area contributed by atoms with Gasteiger partial charge in [-0.05, 0) is 89.9 Å². The summed E-state index contributed by atoms with van der Waals surface area (Å²) in [6.45, 7) is 6.56. The summed E-state index contributed by atoms with van der Waals surface area (Å²) >= 11 is 0. The lowest BCUT2D eigenvalue weighted by molar-refractivity contribution is -0.167. The summed E-state index contributed by atoms with van der Waals surface area (Å²) in [5.41, 5.74) is 0. The minimum atomic E-state index is -0.783. The molecule has 0 aliphatic heterocycles. The van der Waals surface area contributed by atoms with Crippen LogP contribution in [0.15, 0.2) is 72.9 Å². The van der Waals surface area contributed by atoms with Crippen molar-refractivity contribution in [1.82, 2.24) is 0 Å². The van der Waals surface area contributed by atoms with E-state index in [0.717, 1.165) is 103 Å². The molecule has 0 saturated heterocycles. The Labute approximate surface area is 472 Å². The van der Waals surface area contributed by atoms with Crippen LogP contribution in [0, 0.1) is 0 Å². The van der Waals surface area contributed by atoms with Crippen LogP contribution in [-0.2, 0) is 28.6 Å². The van der Waals surface area contributed by atoms with Crippen LogP contribution < -0.4 is 0 Å². The van der Waals surface area contributed by atoms with Crippen LogP contribution >= 0.6 is 0 Å². The summed E-state index contributed by atoms with van der Waals surface area (Å²) in [5.74, 6) is -0.880. The number of rotatable bonds is 60. The number of carbonyl (C=O) groups excluding carboxylic acids is 3. The molecular formula is C70H124O6. The van der Waals surface area contributed by atoms with E-state index in [1.807, 2.05) is 0 Å². The van der Waals surface area contributed by atoms with Gasteiger partial charge in [0.15, 0.2) is 6.10 Å². The fourth-order valence-corrected chi connectivity index (χ4v) is 9.53. The van der Waals surface area contributed by atoms with E-state index in [1.54, 1.807) is 0 Å². The Morgan fingerprint density at radius 1 is 0.276 bits per heavy atom. The molecule has 0 aliphatic carbocycles. The summed E-state index contributed by atoms with van der Waals surface area (Å²) < 4.78 is 17.0. The van der Waals surface area contributed by atoms with E-state index in [9.17, 15) is 14.4 Å². The number of ether oxygens (including phenoxy) is 3. The molecule has 1 unspecified atom stereocenters. The van der Waals surface area contributed by atoms with Gasteiger partial charge >= 0.3 is 17.9 Å². The third-order valence-corrected chi connectivity index (χ3v) is 14.4. The normalized spacial score (nSPS) is 12.5. The minimum Gasteiger partial charge on any atom is -0.462 e. The molecule has 1 atom stereocenters. The number of esters is 3. The van der Waals surface area contributed by atoms with Crippen molar-refractivity contribution < 1.29 is 28.6 Å². The standard InChI is InChI=1S/C70H124O6/c1-4-7-10-13-16-19-22-25-28-31-33-34-35-36-38-39-42-45-48-51-54-57-60-63-69(72)75-66-67(65-74-68(71)62-59-56-53-50-47-44-41-30-27-24-21-18-15-12-9-6-3)76-70(73)64-61-58-55-52-49-46-43-40-37-32-29-26-23-20-17-14-11-8-5-2/h7,10,16,19,25,28,30,33-34,36,38,41,67H,4-6,8-9,11-15,17-18,20-24,26-27,29,31-32,35,37,39-40,42-66H2,1-3H3/b10-7-,19-16-,28-25-,34-33-,38-36-,41-30-. The van der Waals surface area contributed by atoms with E-state index in [4.69, 9.17) is 14.2 Å². The average molecular weight is 1060 g/mol. The van der Waals surface area contributed by atoms with Crippen LogP contribution in [0.4, 0.5) is 0 Å². The van der Waals surface area contributed by atoms with Crippen molar-refractivity contribution in [2.45, 2.75) is 341 Å². The average Bonchev–Trinajstić information content (AvgIpc) is 3.42. The topological polar surface area (TPSA) is 78.9 Å². The molecule has 0 spiro atoms. The highest BCUT2D eigenvalue weighted by molar-refractivity contribution is 5.71. The van der Waals surface area contributed by atoms with Gasteiger partial charge in [-0.3, -0.25) is 14.4 Å². The van der Waals surface area contributed by atoms with Gasteiger partial charge in [0.05, 0.1) is 0 Å². The Kier molecular flexibility index (Phi) is 61.7. The quantitative estimate of drug-likeness (QED) is 0.0261. The van der Waals surface area contributed by atoms with E-state index < -0.39 is 6.10 Å². The van der Waals surface area contributed by atoms with Crippen molar-refractivity contribution in [2.24, 2.45) is 0 Å². The highest BCUT2D eigenvalue weighted by Crippen LogP contribution is 2.17. The molecule has 76 heavy (non-hydrogen) atoms. The van der Waals surface area contributed by atoms with Gasteiger partial charge in [-0.2, -0.15) is 0 Å². The van der Waals surface area contributed by atoms with Gasteiger partial charge < -0.3 is 14.2 Å². The largest absolute Gasteiger partial charge is 0.462 e. The lowest BCUT2D eigenvalue weighted by atomic mass is 10.0. The lowest BCUT2D eigenvalue weighted by Gasteiger charge is -2.18. The molecule has 0 radical (unpaired) electrons. The molecule has 0 aromatic rings. The predicted octanol–water partition coefficient (Wildman–Crippen LogP) is 22.5. The van der Waals surface area contributed by atoms with Crippen molar-refractivity contribution in [3.63, 3.8) is 0 Å². The fraction of sp³-hybridized carbons (Fsp3) is 0.786. The van der Waals surface area contributed by atoms with Crippen molar-refractivity contribution >= 4 is 17.9 Å². The Morgan fingerprint density at radius 3 is 0.816 bits per heavy atom. The zero-order chi connectivity index (χ0) is 55.0. The summed E-state index contributed by atoms with van der Waals surface area (Å²) in [5, 5.41) is 0. The number of unbranched alkanes of at least 4 members (excludes halogenated alkanes) is 37. The van der Waals surface area contributed by atoms with Gasteiger partial charge in [0.1, 0.15) is 13.2 Å². The van der Waals surface area contributed by atoms with Crippen LogP contribution in [0.2, 0.25) is 0 Å². The second kappa shape index (κ2) is 64.4. The molecular weight excluding hydrogens is 937 g/mol. The SMILES string of the molecule is CC/C=C\C/C=C\C/C=C\C/C=C\C/C=C\CCCCCCCCCC(=O)OCC(COC(=O)CCCCCCC/C=C\CCCCCCCCC)OC(=O)CCCCCCCCCCCCCCCCCCCCC. The first-order chi connectivity index (χ1) is 37.5. The molecule has 0 fully saturated rings. The van der Waals surface area contributed by atoms with Gasteiger partial charge in [0.2, 0.25) is 0 Å². The van der Waals surface area contributed by atoms with E-state index in [0.29, 0.717) is 19.3 Å². The van der Waals surface area contributed by atoms with Crippen LogP contribution in [0.3, 0.4) is 0 Å². The summed E-state index contributed by atoms with van der Waals surface area (Å²) in [6, 6.07) is 0. The molecule has 0 aliphatic rings. The molecule has 0 aromatic heterocycles.